The van der Waals surface area contributed by atoms with E-state index in [1.165, 1.54) is 0 Å². The molecule has 0 heterocycles. The van der Waals surface area contributed by atoms with E-state index in [2.05, 4.69) is 5.32 Å². The van der Waals surface area contributed by atoms with Gasteiger partial charge in [-0.25, -0.2) is 0 Å². The number of benzene rings is 1. The number of aryl methyl sites for hydroxylation is 1. The van der Waals surface area contributed by atoms with Crippen molar-refractivity contribution in [2.45, 2.75) is 19.8 Å². The summed E-state index contributed by atoms with van der Waals surface area (Å²) in [5, 5.41) is 11.0. The van der Waals surface area contributed by atoms with Crippen molar-refractivity contribution in [3.8, 4) is 5.75 Å². The molecule has 0 unspecified atom stereocenters. The summed E-state index contributed by atoms with van der Waals surface area (Å²) < 4.78 is 5.22. The van der Waals surface area contributed by atoms with E-state index in [1.54, 1.807) is 7.11 Å². The summed E-state index contributed by atoms with van der Waals surface area (Å²) in [5.41, 5.74) is 2.11. The molecule has 0 radical (unpaired) electrons. The Hall–Kier alpha value is -2.04. The van der Waals surface area contributed by atoms with Crippen molar-refractivity contribution < 1.29 is 19.4 Å². The van der Waals surface area contributed by atoms with Gasteiger partial charge in [-0.3, -0.25) is 9.59 Å². The maximum Gasteiger partial charge on any atom is 0.312 e. The van der Waals surface area contributed by atoms with Gasteiger partial charge in [-0.2, -0.15) is 0 Å². The number of rotatable bonds is 6. The third-order valence-corrected chi connectivity index (χ3v) is 2.46. The molecule has 1 aromatic carbocycles. The van der Waals surface area contributed by atoms with Crippen LogP contribution in [0.2, 0.25) is 0 Å². The number of hydrogen-bond donors (Lipinski definition) is 2. The molecule has 5 heteroatoms. The molecule has 0 aliphatic rings. The first-order valence-electron chi connectivity index (χ1n) is 5.65. The van der Waals surface area contributed by atoms with Crippen LogP contribution in [0.1, 0.15) is 17.5 Å². The second-order valence-electron chi connectivity index (χ2n) is 3.99. The molecule has 98 valence electrons. The molecule has 0 aliphatic heterocycles. The number of methoxy groups -OCH3 is 1. The van der Waals surface area contributed by atoms with Crippen molar-refractivity contribution in [1.29, 1.82) is 0 Å². The van der Waals surface area contributed by atoms with Crippen molar-refractivity contribution in [2.75, 3.05) is 13.7 Å². The van der Waals surface area contributed by atoms with Gasteiger partial charge < -0.3 is 15.2 Å². The van der Waals surface area contributed by atoms with E-state index in [-0.39, 0.29) is 0 Å². The normalized spacial score (nSPS) is 9.89. The Kier molecular flexibility index (Phi) is 5.17. The Morgan fingerprint density at radius 2 is 2.11 bits per heavy atom. The van der Waals surface area contributed by atoms with Gasteiger partial charge in [-0.15, -0.1) is 0 Å². The van der Waals surface area contributed by atoms with Gasteiger partial charge in [0.25, 0.3) is 0 Å². The molecular weight excluding hydrogens is 234 g/mol. The Bertz CT molecular complexity index is 443. The summed E-state index contributed by atoms with van der Waals surface area (Å²) in [6.45, 7) is 2.37. The maximum absolute atomic E-state index is 11.1. The molecule has 2 N–H and O–H groups in total. The molecule has 5 nitrogen and oxygen atoms in total. The van der Waals surface area contributed by atoms with Crippen LogP contribution < -0.4 is 10.1 Å². The molecule has 0 fully saturated rings. The van der Waals surface area contributed by atoms with Gasteiger partial charge in [0.2, 0.25) is 5.91 Å². The van der Waals surface area contributed by atoms with Gasteiger partial charge in [0, 0.05) is 6.54 Å². The zero-order valence-corrected chi connectivity index (χ0v) is 10.5. The largest absolute Gasteiger partial charge is 0.496 e. The first-order valence-corrected chi connectivity index (χ1v) is 5.65. The van der Waals surface area contributed by atoms with Gasteiger partial charge >= 0.3 is 5.97 Å². The minimum Gasteiger partial charge on any atom is -0.496 e. The van der Waals surface area contributed by atoms with E-state index < -0.39 is 18.3 Å². The van der Waals surface area contributed by atoms with Crippen LogP contribution in [0.3, 0.4) is 0 Å². The van der Waals surface area contributed by atoms with Crippen LogP contribution in [0.4, 0.5) is 0 Å². The second kappa shape index (κ2) is 6.64. The number of amides is 1. The van der Waals surface area contributed by atoms with E-state index in [0.29, 0.717) is 13.0 Å². The van der Waals surface area contributed by atoms with Gasteiger partial charge in [0.1, 0.15) is 12.2 Å². The minimum absolute atomic E-state index is 0.395. The second-order valence-corrected chi connectivity index (χ2v) is 3.99. The van der Waals surface area contributed by atoms with Crippen molar-refractivity contribution >= 4 is 11.9 Å². The maximum atomic E-state index is 11.1. The zero-order chi connectivity index (χ0) is 13.5. The standard InChI is InChI=1S/C13H17NO4/c1-9-3-4-11(18-2)10(7-9)5-6-14-12(15)8-13(16)17/h3-4,7H,5-6,8H2,1-2H3,(H,14,15)(H,16,17). The van der Waals surface area contributed by atoms with E-state index in [1.807, 2.05) is 25.1 Å². The van der Waals surface area contributed by atoms with Crippen LogP contribution >= 0.6 is 0 Å². The third-order valence-electron chi connectivity index (χ3n) is 2.46. The summed E-state index contributed by atoms with van der Waals surface area (Å²) in [5.74, 6) is -0.831. The third kappa shape index (κ3) is 4.45. The van der Waals surface area contributed by atoms with Crippen LogP contribution in [0.15, 0.2) is 18.2 Å². The molecule has 0 aliphatic carbocycles. The number of carboxylic acid groups (broad SMARTS) is 1. The van der Waals surface area contributed by atoms with Gasteiger partial charge in [0.15, 0.2) is 0 Å². The summed E-state index contributed by atoms with van der Waals surface area (Å²) >= 11 is 0. The summed E-state index contributed by atoms with van der Waals surface area (Å²) in [4.78, 5) is 21.4. The lowest BCUT2D eigenvalue weighted by molar-refractivity contribution is -0.140. The van der Waals surface area contributed by atoms with Crippen molar-refractivity contribution in [2.24, 2.45) is 0 Å². The molecule has 1 aromatic rings. The highest BCUT2D eigenvalue weighted by Gasteiger charge is 2.08. The Balaban J connectivity index is 2.50. The Morgan fingerprint density at radius 1 is 1.39 bits per heavy atom. The first kappa shape index (κ1) is 14.0. The predicted molar refractivity (Wildman–Crippen MR) is 66.7 cm³/mol. The summed E-state index contributed by atoms with van der Waals surface area (Å²) in [6, 6.07) is 5.82. The van der Waals surface area contributed by atoms with E-state index in [0.717, 1.165) is 16.9 Å². The summed E-state index contributed by atoms with van der Waals surface area (Å²) in [7, 11) is 1.59. The number of carboxylic acids is 1. The first-order chi connectivity index (χ1) is 8.52. The average molecular weight is 251 g/mol. The monoisotopic (exact) mass is 251 g/mol. The van der Waals surface area contributed by atoms with Crippen molar-refractivity contribution in [1.82, 2.24) is 5.32 Å². The molecule has 0 bridgehead atoms. The molecule has 0 saturated carbocycles. The fourth-order valence-electron chi connectivity index (χ4n) is 1.64. The van der Waals surface area contributed by atoms with E-state index >= 15 is 0 Å². The predicted octanol–water partition coefficient (Wildman–Crippen LogP) is 1.14. The molecule has 1 amide bonds. The van der Waals surface area contributed by atoms with Gasteiger partial charge in [-0.1, -0.05) is 17.7 Å². The SMILES string of the molecule is COc1ccc(C)cc1CCNC(=O)CC(=O)O. The molecule has 0 atom stereocenters. The number of carbonyl (C=O) groups is 2. The smallest absolute Gasteiger partial charge is 0.312 e. The van der Waals surface area contributed by atoms with Crippen LogP contribution in [0.25, 0.3) is 0 Å². The molecular formula is C13H17NO4. The molecule has 1 rings (SSSR count). The molecule has 0 aromatic heterocycles. The molecule has 0 saturated heterocycles. The van der Waals surface area contributed by atoms with Crippen molar-refractivity contribution in [3.05, 3.63) is 29.3 Å². The number of aliphatic carboxylic acids is 1. The molecule has 18 heavy (non-hydrogen) atoms. The lowest BCUT2D eigenvalue weighted by atomic mass is 10.1. The Labute approximate surface area is 106 Å². The average Bonchev–Trinajstić information content (AvgIpc) is 2.28. The van der Waals surface area contributed by atoms with Gasteiger partial charge in [0.05, 0.1) is 7.11 Å². The van der Waals surface area contributed by atoms with Gasteiger partial charge in [-0.05, 0) is 25.0 Å². The lowest BCUT2D eigenvalue weighted by Gasteiger charge is -2.10. The topological polar surface area (TPSA) is 75.6 Å². The zero-order valence-electron chi connectivity index (χ0n) is 10.5. The fourth-order valence-corrected chi connectivity index (χ4v) is 1.64. The van der Waals surface area contributed by atoms with Crippen LogP contribution in [0, 0.1) is 6.92 Å². The number of hydrogen-bond acceptors (Lipinski definition) is 3. The highest BCUT2D eigenvalue weighted by molar-refractivity contribution is 5.93. The van der Waals surface area contributed by atoms with Crippen LogP contribution in [-0.4, -0.2) is 30.6 Å². The quantitative estimate of drug-likeness (QED) is 0.743. The fraction of sp³-hybridized carbons (Fsp3) is 0.385. The Morgan fingerprint density at radius 3 is 2.72 bits per heavy atom. The molecule has 0 spiro atoms. The highest BCUT2D eigenvalue weighted by Crippen LogP contribution is 2.19. The van der Waals surface area contributed by atoms with Crippen LogP contribution in [-0.2, 0) is 16.0 Å². The highest BCUT2D eigenvalue weighted by atomic mass is 16.5. The lowest BCUT2D eigenvalue weighted by Crippen LogP contribution is -2.27. The van der Waals surface area contributed by atoms with Crippen molar-refractivity contribution in [3.63, 3.8) is 0 Å². The van der Waals surface area contributed by atoms with E-state index in [4.69, 9.17) is 9.84 Å². The number of ether oxygens (including phenoxy) is 1. The number of carbonyl (C=O) groups excluding carboxylic acids is 1. The number of nitrogens with one attached hydrogen (secondary N) is 1. The summed E-state index contributed by atoms with van der Waals surface area (Å²) in [6.07, 6.45) is 0.112. The van der Waals surface area contributed by atoms with Crippen LogP contribution in [0.5, 0.6) is 5.75 Å². The minimum atomic E-state index is -1.12. The van der Waals surface area contributed by atoms with E-state index in [9.17, 15) is 9.59 Å².